The van der Waals surface area contributed by atoms with E-state index in [-0.39, 0.29) is 5.78 Å². The first kappa shape index (κ1) is 11.8. The highest BCUT2D eigenvalue weighted by Gasteiger charge is 2.09. The summed E-state index contributed by atoms with van der Waals surface area (Å²) < 4.78 is 5.38. The Balaban J connectivity index is 1.84. The fourth-order valence-corrected chi connectivity index (χ4v) is 2.21. The van der Waals surface area contributed by atoms with E-state index in [1.165, 1.54) is 0 Å². The van der Waals surface area contributed by atoms with E-state index < -0.39 is 0 Å². The molecular formula is C15H14N2O2. The lowest BCUT2D eigenvalue weighted by Crippen LogP contribution is -2.12. The minimum atomic E-state index is -0.172. The van der Waals surface area contributed by atoms with Crippen molar-refractivity contribution in [1.29, 1.82) is 0 Å². The van der Waals surface area contributed by atoms with E-state index in [0.717, 1.165) is 25.9 Å². The Labute approximate surface area is 111 Å². The van der Waals surface area contributed by atoms with Crippen LogP contribution in [0.2, 0.25) is 0 Å². The zero-order valence-electron chi connectivity index (χ0n) is 10.8. The van der Waals surface area contributed by atoms with Crippen molar-refractivity contribution in [1.82, 2.24) is 9.88 Å². The number of hydrogen-bond acceptors (Lipinski definition) is 4. The number of likely N-dealkylation sites (tertiary alicyclic amines) is 1. The van der Waals surface area contributed by atoms with Gasteiger partial charge in [0.1, 0.15) is 5.52 Å². The smallest absolute Gasteiger partial charge is 0.237 e. The average molecular weight is 254 g/mol. The summed E-state index contributed by atoms with van der Waals surface area (Å²) in [4.78, 5) is 18.2. The molecule has 2 aromatic rings. The molecule has 1 aliphatic heterocycles. The zero-order valence-corrected chi connectivity index (χ0v) is 10.8. The van der Waals surface area contributed by atoms with E-state index in [0.29, 0.717) is 22.6 Å². The number of aromatic nitrogens is 1. The molecule has 0 radical (unpaired) electrons. The van der Waals surface area contributed by atoms with Crippen molar-refractivity contribution in [2.75, 3.05) is 13.1 Å². The maximum atomic E-state index is 12.0. The molecule has 1 saturated heterocycles. The number of hydrogen-bond donors (Lipinski definition) is 0. The molecule has 0 spiro atoms. The van der Waals surface area contributed by atoms with Gasteiger partial charge in [-0.2, -0.15) is 0 Å². The number of Topliss-reactive ketones (excluding diaryl/α,β-unsaturated/α-hetero) is 1. The van der Waals surface area contributed by atoms with E-state index in [1.807, 2.05) is 4.90 Å². The molecule has 2 heterocycles. The molecule has 4 nitrogen and oxygen atoms in total. The Morgan fingerprint density at radius 3 is 2.95 bits per heavy atom. The molecule has 1 fully saturated rings. The van der Waals surface area contributed by atoms with Gasteiger partial charge in [-0.3, -0.25) is 4.79 Å². The molecule has 96 valence electrons. The molecule has 3 rings (SSSR count). The molecular weight excluding hydrogens is 240 g/mol. The molecule has 0 amide bonds. The van der Waals surface area contributed by atoms with Crippen LogP contribution in [0.25, 0.3) is 11.1 Å². The summed E-state index contributed by atoms with van der Waals surface area (Å²) in [7, 11) is 0. The highest BCUT2D eigenvalue weighted by molar-refractivity contribution is 6.10. The number of fused-ring (bicyclic) bond motifs is 1. The van der Waals surface area contributed by atoms with Crippen LogP contribution < -0.4 is 0 Å². The number of carbonyl (C=O) groups is 1. The SMILES string of the molecule is Cc1nc2cc(C(=O)C#CN3CCCC3)ccc2o1. The number of carbonyl (C=O) groups excluding carboxylic acids is 1. The lowest BCUT2D eigenvalue weighted by Gasteiger charge is -2.04. The zero-order chi connectivity index (χ0) is 13.2. The molecule has 19 heavy (non-hydrogen) atoms. The van der Waals surface area contributed by atoms with Crippen LogP contribution in [0.4, 0.5) is 0 Å². The van der Waals surface area contributed by atoms with Gasteiger partial charge in [-0.25, -0.2) is 4.98 Å². The molecule has 4 heteroatoms. The maximum Gasteiger partial charge on any atom is 0.237 e. The Hall–Kier alpha value is -2.28. The average Bonchev–Trinajstić information content (AvgIpc) is 3.02. The van der Waals surface area contributed by atoms with Gasteiger partial charge in [0, 0.05) is 31.6 Å². The summed E-state index contributed by atoms with van der Waals surface area (Å²) in [5.74, 6) is 3.12. The summed E-state index contributed by atoms with van der Waals surface area (Å²) in [6.45, 7) is 3.71. The molecule has 1 aromatic carbocycles. The topological polar surface area (TPSA) is 46.3 Å². The maximum absolute atomic E-state index is 12.0. The van der Waals surface area contributed by atoms with Crippen LogP contribution in [0.1, 0.15) is 29.1 Å². The Morgan fingerprint density at radius 2 is 2.16 bits per heavy atom. The van der Waals surface area contributed by atoms with Crippen molar-refractivity contribution < 1.29 is 9.21 Å². The van der Waals surface area contributed by atoms with Crippen molar-refractivity contribution in [3.8, 4) is 12.0 Å². The van der Waals surface area contributed by atoms with Gasteiger partial charge in [-0.15, -0.1) is 0 Å². The molecule has 1 aromatic heterocycles. The molecule has 0 unspecified atom stereocenters. The Bertz CT molecular complexity index is 685. The van der Waals surface area contributed by atoms with E-state index in [2.05, 4.69) is 16.9 Å². The van der Waals surface area contributed by atoms with Crippen molar-refractivity contribution in [2.45, 2.75) is 19.8 Å². The standard InChI is InChI=1S/C15H14N2O2/c1-11-16-13-10-12(4-5-15(13)19-11)14(18)6-9-17-7-2-3-8-17/h4-5,10H,2-3,7-8H2,1H3. The van der Waals surface area contributed by atoms with Gasteiger partial charge >= 0.3 is 0 Å². The minimum absolute atomic E-state index is 0.172. The third-order valence-electron chi connectivity index (χ3n) is 3.19. The van der Waals surface area contributed by atoms with Gasteiger partial charge in [0.15, 0.2) is 11.5 Å². The fourth-order valence-electron chi connectivity index (χ4n) is 2.21. The summed E-state index contributed by atoms with van der Waals surface area (Å²) >= 11 is 0. The number of rotatable bonds is 1. The van der Waals surface area contributed by atoms with E-state index >= 15 is 0 Å². The highest BCUT2D eigenvalue weighted by atomic mass is 16.3. The molecule has 0 atom stereocenters. The predicted molar refractivity (Wildman–Crippen MR) is 71.7 cm³/mol. The van der Waals surface area contributed by atoms with Gasteiger partial charge in [0.25, 0.3) is 0 Å². The first-order valence-electron chi connectivity index (χ1n) is 6.40. The second-order valence-corrected chi connectivity index (χ2v) is 4.68. The third-order valence-corrected chi connectivity index (χ3v) is 3.19. The van der Waals surface area contributed by atoms with Crippen LogP contribution in [-0.2, 0) is 0 Å². The monoisotopic (exact) mass is 254 g/mol. The van der Waals surface area contributed by atoms with Crippen molar-refractivity contribution in [3.05, 3.63) is 29.7 Å². The van der Waals surface area contributed by atoms with Crippen LogP contribution in [-0.4, -0.2) is 28.8 Å². The summed E-state index contributed by atoms with van der Waals surface area (Å²) in [6, 6.07) is 8.15. The highest BCUT2D eigenvalue weighted by Crippen LogP contribution is 2.17. The molecule has 0 bridgehead atoms. The summed E-state index contributed by atoms with van der Waals surface area (Å²) in [5.41, 5.74) is 1.96. The minimum Gasteiger partial charge on any atom is -0.441 e. The lowest BCUT2D eigenvalue weighted by atomic mass is 10.1. The quantitative estimate of drug-likeness (QED) is 0.579. The number of ketones is 1. The number of oxazole rings is 1. The van der Waals surface area contributed by atoms with E-state index in [4.69, 9.17) is 4.42 Å². The predicted octanol–water partition coefficient (Wildman–Crippen LogP) is 2.38. The normalized spacial score (nSPS) is 14.5. The van der Waals surface area contributed by atoms with Gasteiger partial charge in [-0.05, 0) is 37.0 Å². The van der Waals surface area contributed by atoms with Crippen LogP contribution in [0, 0.1) is 18.9 Å². The van der Waals surface area contributed by atoms with Crippen LogP contribution >= 0.6 is 0 Å². The summed E-state index contributed by atoms with van der Waals surface area (Å²) in [5, 5.41) is 0. The third kappa shape index (κ3) is 2.45. The fraction of sp³-hybridized carbons (Fsp3) is 0.333. The lowest BCUT2D eigenvalue weighted by molar-refractivity contribution is 0.105. The van der Waals surface area contributed by atoms with Gasteiger partial charge in [0.05, 0.1) is 0 Å². The Kier molecular flexibility index (Phi) is 2.96. The van der Waals surface area contributed by atoms with Crippen LogP contribution in [0.5, 0.6) is 0 Å². The van der Waals surface area contributed by atoms with Gasteiger partial charge in [-0.1, -0.05) is 0 Å². The van der Waals surface area contributed by atoms with Crippen LogP contribution in [0.15, 0.2) is 22.6 Å². The van der Waals surface area contributed by atoms with Gasteiger partial charge in [0.2, 0.25) is 5.78 Å². The van der Waals surface area contributed by atoms with Crippen molar-refractivity contribution >= 4 is 16.9 Å². The summed E-state index contributed by atoms with van der Waals surface area (Å²) in [6.07, 6.45) is 2.32. The molecule has 0 aliphatic carbocycles. The number of benzene rings is 1. The largest absolute Gasteiger partial charge is 0.441 e. The number of nitrogens with zero attached hydrogens (tertiary/aromatic N) is 2. The van der Waals surface area contributed by atoms with Crippen molar-refractivity contribution in [2.24, 2.45) is 0 Å². The molecule has 0 N–H and O–H groups in total. The second kappa shape index (κ2) is 4.77. The second-order valence-electron chi connectivity index (χ2n) is 4.68. The Morgan fingerprint density at radius 1 is 1.37 bits per heavy atom. The first-order chi connectivity index (χ1) is 9.22. The number of aryl methyl sites for hydroxylation is 1. The molecule has 0 saturated carbocycles. The first-order valence-corrected chi connectivity index (χ1v) is 6.40. The van der Waals surface area contributed by atoms with Gasteiger partial charge < -0.3 is 9.32 Å². The molecule has 1 aliphatic rings. The van der Waals surface area contributed by atoms with E-state index in [1.54, 1.807) is 25.1 Å². The van der Waals surface area contributed by atoms with Crippen molar-refractivity contribution in [3.63, 3.8) is 0 Å². The van der Waals surface area contributed by atoms with Crippen LogP contribution in [0.3, 0.4) is 0 Å². The van der Waals surface area contributed by atoms with E-state index in [9.17, 15) is 4.79 Å².